The van der Waals surface area contributed by atoms with E-state index >= 15 is 0 Å². The van der Waals surface area contributed by atoms with E-state index in [9.17, 15) is 0 Å². The molecular weight excluding hydrogens is 126 g/mol. The number of rotatable bonds is 1. The summed E-state index contributed by atoms with van der Waals surface area (Å²) >= 11 is 0. The SMILES string of the molecule is [CH]1CCN(c2ncc[nH]2)C1. The van der Waals surface area contributed by atoms with Gasteiger partial charge in [-0.05, 0) is 12.8 Å². The monoisotopic (exact) mass is 136 g/mol. The van der Waals surface area contributed by atoms with E-state index in [0.29, 0.717) is 0 Å². The van der Waals surface area contributed by atoms with Gasteiger partial charge in [0.1, 0.15) is 0 Å². The number of anilines is 1. The van der Waals surface area contributed by atoms with Crippen molar-refractivity contribution in [2.75, 3.05) is 18.0 Å². The van der Waals surface area contributed by atoms with E-state index in [1.165, 1.54) is 6.42 Å². The second kappa shape index (κ2) is 2.33. The Balaban J connectivity index is 2.12. The number of nitrogens with one attached hydrogen (secondary N) is 1. The molecule has 1 aliphatic heterocycles. The summed E-state index contributed by atoms with van der Waals surface area (Å²) in [6.45, 7) is 2.14. The molecule has 0 aliphatic carbocycles. The highest BCUT2D eigenvalue weighted by Gasteiger charge is 2.13. The van der Waals surface area contributed by atoms with Crippen molar-refractivity contribution in [1.29, 1.82) is 0 Å². The fourth-order valence-electron chi connectivity index (χ4n) is 1.21. The maximum atomic E-state index is 4.15. The van der Waals surface area contributed by atoms with Gasteiger partial charge in [0.05, 0.1) is 0 Å². The van der Waals surface area contributed by atoms with Crippen molar-refractivity contribution in [3.63, 3.8) is 0 Å². The Morgan fingerprint density at radius 2 is 2.60 bits per heavy atom. The largest absolute Gasteiger partial charge is 0.342 e. The molecule has 0 spiro atoms. The zero-order chi connectivity index (χ0) is 6.81. The Kier molecular flexibility index (Phi) is 1.34. The third kappa shape index (κ3) is 0.875. The summed E-state index contributed by atoms with van der Waals surface area (Å²) in [7, 11) is 0. The van der Waals surface area contributed by atoms with Crippen LogP contribution < -0.4 is 4.90 Å². The fraction of sp³-hybridized carbons (Fsp3) is 0.429. The van der Waals surface area contributed by atoms with Crippen LogP contribution in [0.1, 0.15) is 6.42 Å². The molecule has 1 aromatic rings. The van der Waals surface area contributed by atoms with Gasteiger partial charge in [0, 0.05) is 25.5 Å². The maximum Gasteiger partial charge on any atom is 0.202 e. The van der Waals surface area contributed by atoms with Crippen molar-refractivity contribution in [2.45, 2.75) is 6.42 Å². The van der Waals surface area contributed by atoms with Crippen LogP contribution in [0.15, 0.2) is 12.4 Å². The second-order valence-corrected chi connectivity index (χ2v) is 2.44. The standard InChI is InChI=1S/C7H10N3/c1-2-6-10(5-1)7-8-3-4-9-7/h1,3-4H,2,5-6H2,(H,8,9). The number of hydrogen-bond donors (Lipinski definition) is 1. The van der Waals surface area contributed by atoms with Crippen molar-refractivity contribution in [1.82, 2.24) is 9.97 Å². The molecule has 3 nitrogen and oxygen atoms in total. The highest BCUT2D eigenvalue weighted by molar-refractivity contribution is 5.31. The third-order valence-corrected chi connectivity index (χ3v) is 1.74. The van der Waals surface area contributed by atoms with Crippen LogP contribution in [0.3, 0.4) is 0 Å². The average Bonchev–Trinajstić information content (AvgIpc) is 2.59. The Labute approximate surface area is 60.1 Å². The van der Waals surface area contributed by atoms with Crippen molar-refractivity contribution in [3.8, 4) is 0 Å². The van der Waals surface area contributed by atoms with E-state index in [1.54, 1.807) is 6.20 Å². The maximum absolute atomic E-state index is 4.15. The highest BCUT2D eigenvalue weighted by Crippen LogP contribution is 2.13. The van der Waals surface area contributed by atoms with Crippen LogP contribution in [0.25, 0.3) is 0 Å². The topological polar surface area (TPSA) is 31.9 Å². The molecule has 1 aliphatic rings. The van der Waals surface area contributed by atoms with E-state index in [1.807, 2.05) is 6.20 Å². The molecule has 0 atom stereocenters. The number of aromatic amines is 1. The lowest BCUT2D eigenvalue weighted by Gasteiger charge is -2.11. The van der Waals surface area contributed by atoms with E-state index in [-0.39, 0.29) is 0 Å². The van der Waals surface area contributed by atoms with Gasteiger partial charge in [0.15, 0.2) is 0 Å². The van der Waals surface area contributed by atoms with Crippen LogP contribution >= 0.6 is 0 Å². The van der Waals surface area contributed by atoms with E-state index in [0.717, 1.165) is 19.0 Å². The Morgan fingerprint density at radius 1 is 1.60 bits per heavy atom. The molecule has 1 fully saturated rings. The number of aromatic nitrogens is 2. The van der Waals surface area contributed by atoms with Gasteiger partial charge in [-0.2, -0.15) is 0 Å². The average molecular weight is 136 g/mol. The molecule has 10 heavy (non-hydrogen) atoms. The summed E-state index contributed by atoms with van der Waals surface area (Å²) in [6.07, 6.45) is 7.09. The summed E-state index contributed by atoms with van der Waals surface area (Å²) in [4.78, 5) is 9.44. The number of H-pyrrole nitrogens is 1. The van der Waals surface area contributed by atoms with Gasteiger partial charge in [-0.25, -0.2) is 4.98 Å². The van der Waals surface area contributed by atoms with Gasteiger partial charge in [0.25, 0.3) is 0 Å². The minimum atomic E-state index is 0.994. The molecule has 0 unspecified atom stereocenters. The van der Waals surface area contributed by atoms with Gasteiger partial charge in [0.2, 0.25) is 5.95 Å². The van der Waals surface area contributed by atoms with Crippen molar-refractivity contribution in [2.24, 2.45) is 0 Å². The van der Waals surface area contributed by atoms with E-state index in [4.69, 9.17) is 0 Å². The lowest BCUT2D eigenvalue weighted by Crippen LogP contribution is -2.18. The summed E-state index contributed by atoms with van der Waals surface area (Å²) in [5.74, 6) is 0.994. The molecule has 1 saturated heterocycles. The first kappa shape index (κ1) is 5.77. The molecule has 0 aromatic carbocycles. The third-order valence-electron chi connectivity index (χ3n) is 1.74. The zero-order valence-corrected chi connectivity index (χ0v) is 5.75. The Hall–Kier alpha value is -0.990. The van der Waals surface area contributed by atoms with Gasteiger partial charge in [-0.15, -0.1) is 0 Å². The minimum absolute atomic E-state index is 0.994. The normalized spacial score (nSPS) is 18.2. The molecule has 2 rings (SSSR count). The van der Waals surface area contributed by atoms with Gasteiger partial charge >= 0.3 is 0 Å². The first-order chi connectivity index (χ1) is 4.97. The van der Waals surface area contributed by atoms with Crippen LogP contribution in [0.4, 0.5) is 5.95 Å². The Bertz CT molecular complexity index is 187. The minimum Gasteiger partial charge on any atom is -0.342 e. The molecule has 53 valence electrons. The molecular formula is C7H10N3. The first-order valence-corrected chi connectivity index (χ1v) is 3.53. The van der Waals surface area contributed by atoms with Crippen LogP contribution in [0.2, 0.25) is 0 Å². The first-order valence-electron chi connectivity index (χ1n) is 3.53. The molecule has 0 bridgehead atoms. The quantitative estimate of drug-likeness (QED) is 0.620. The van der Waals surface area contributed by atoms with Gasteiger partial charge in [-0.1, -0.05) is 0 Å². The predicted octanol–water partition coefficient (Wildman–Crippen LogP) is 0.824. The van der Waals surface area contributed by atoms with Crippen LogP contribution in [-0.2, 0) is 0 Å². The van der Waals surface area contributed by atoms with Gasteiger partial charge in [-0.3, -0.25) is 0 Å². The molecule has 0 amide bonds. The number of nitrogens with zero attached hydrogens (tertiary/aromatic N) is 2. The molecule has 1 aromatic heterocycles. The lowest BCUT2D eigenvalue weighted by molar-refractivity contribution is 0.920. The summed E-state index contributed by atoms with van der Waals surface area (Å²) in [5.41, 5.74) is 0. The molecule has 1 radical (unpaired) electrons. The predicted molar refractivity (Wildman–Crippen MR) is 39.7 cm³/mol. The molecule has 3 heteroatoms. The van der Waals surface area contributed by atoms with Crippen molar-refractivity contribution in [3.05, 3.63) is 18.8 Å². The number of hydrogen-bond acceptors (Lipinski definition) is 2. The van der Waals surface area contributed by atoms with Crippen LogP contribution in [0.5, 0.6) is 0 Å². The molecule has 1 N–H and O–H groups in total. The molecule has 0 saturated carbocycles. The zero-order valence-electron chi connectivity index (χ0n) is 5.75. The summed E-state index contributed by atoms with van der Waals surface area (Å²) in [5, 5.41) is 0. The van der Waals surface area contributed by atoms with E-state index in [2.05, 4.69) is 21.3 Å². The summed E-state index contributed by atoms with van der Waals surface area (Å²) < 4.78 is 0. The number of imidazole rings is 1. The second-order valence-electron chi connectivity index (χ2n) is 2.44. The smallest absolute Gasteiger partial charge is 0.202 e. The van der Waals surface area contributed by atoms with Crippen molar-refractivity contribution < 1.29 is 0 Å². The summed E-state index contributed by atoms with van der Waals surface area (Å²) in [6, 6.07) is 0. The van der Waals surface area contributed by atoms with Crippen LogP contribution in [-0.4, -0.2) is 23.1 Å². The fourth-order valence-corrected chi connectivity index (χ4v) is 1.21. The van der Waals surface area contributed by atoms with Crippen molar-refractivity contribution >= 4 is 5.95 Å². The lowest BCUT2D eigenvalue weighted by atomic mass is 10.4. The molecule has 2 heterocycles. The highest BCUT2D eigenvalue weighted by atomic mass is 15.3. The van der Waals surface area contributed by atoms with Crippen LogP contribution in [0, 0.1) is 6.42 Å². The van der Waals surface area contributed by atoms with E-state index < -0.39 is 0 Å². The Morgan fingerprint density at radius 3 is 3.20 bits per heavy atom. The van der Waals surface area contributed by atoms with Gasteiger partial charge < -0.3 is 9.88 Å².